The summed E-state index contributed by atoms with van der Waals surface area (Å²) in [7, 11) is 0. The van der Waals surface area contributed by atoms with Gasteiger partial charge in [-0.1, -0.05) is 51.7 Å². The molecule has 0 heterocycles. The van der Waals surface area contributed by atoms with E-state index < -0.39 is 0 Å². The Balaban J connectivity index is 2.20. The second-order valence-corrected chi connectivity index (χ2v) is 8.11. The van der Waals surface area contributed by atoms with Gasteiger partial charge in [0.15, 0.2) is 5.75 Å². The van der Waals surface area contributed by atoms with Crippen molar-refractivity contribution in [2.24, 2.45) is 0 Å². The Kier molecular flexibility index (Phi) is 10.6. The van der Waals surface area contributed by atoms with Gasteiger partial charge in [-0.05, 0) is 67.1 Å². The van der Waals surface area contributed by atoms with Crippen LogP contribution in [-0.2, 0) is 22.4 Å². The van der Waals surface area contributed by atoms with Gasteiger partial charge < -0.3 is 4.84 Å². The van der Waals surface area contributed by atoms with Crippen LogP contribution in [0.15, 0.2) is 42.5 Å². The van der Waals surface area contributed by atoms with Gasteiger partial charge >= 0.3 is 0 Å². The molecule has 0 radical (unpaired) electrons. The molecule has 0 spiro atoms. The zero-order valence-electron chi connectivity index (χ0n) is 19.9. The fraction of sp³-hybridized carbons (Fsp3) is 0.462. The Labute approximate surface area is 192 Å². The predicted molar refractivity (Wildman–Crippen MR) is 131 cm³/mol. The van der Waals surface area contributed by atoms with Crippen molar-refractivity contribution in [3.8, 4) is 5.75 Å². The molecule has 174 valence electrons. The van der Waals surface area contributed by atoms with Crippen molar-refractivity contribution in [2.45, 2.75) is 79.1 Å². The molecule has 2 aromatic carbocycles. The zero-order valence-corrected chi connectivity index (χ0v) is 19.9. The van der Waals surface area contributed by atoms with Crippen molar-refractivity contribution in [2.75, 3.05) is 10.5 Å². The number of carbonyl (C=O) groups excluding carboxylic acids is 2. The van der Waals surface area contributed by atoms with Crippen LogP contribution in [-0.4, -0.2) is 11.8 Å². The van der Waals surface area contributed by atoms with E-state index in [0.29, 0.717) is 11.4 Å². The quantitative estimate of drug-likeness (QED) is 0.298. The molecule has 2 amide bonds. The first kappa shape index (κ1) is 25.2. The Morgan fingerprint density at radius 1 is 0.875 bits per heavy atom. The van der Waals surface area contributed by atoms with E-state index in [2.05, 4.69) is 36.8 Å². The van der Waals surface area contributed by atoms with Gasteiger partial charge in [-0.2, -0.15) is 0 Å². The molecule has 0 atom stereocenters. The number of hydroxylamine groups is 1. The molecule has 2 rings (SSSR count). The topological polar surface area (TPSA) is 70.7 Å². The van der Waals surface area contributed by atoms with Crippen LogP contribution in [0.2, 0.25) is 0 Å². The number of hydrogen-bond acceptors (Lipinski definition) is 4. The van der Waals surface area contributed by atoms with Crippen LogP contribution >= 0.6 is 0 Å². The van der Waals surface area contributed by atoms with Gasteiger partial charge in [0.1, 0.15) is 0 Å². The van der Waals surface area contributed by atoms with Gasteiger partial charge in [0.05, 0.1) is 11.4 Å². The number of hydrazine groups is 1. The van der Waals surface area contributed by atoms with Crippen LogP contribution < -0.4 is 20.8 Å². The zero-order chi connectivity index (χ0) is 23.3. The first-order valence-electron chi connectivity index (χ1n) is 11.7. The molecule has 0 unspecified atom stereocenters. The summed E-state index contributed by atoms with van der Waals surface area (Å²) < 4.78 is 0. The van der Waals surface area contributed by atoms with E-state index >= 15 is 0 Å². The second-order valence-electron chi connectivity index (χ2n) is 8.11. The average Bonchev–Trinajstić information content (AvgIpc) is 2.77. The SMILES string of the molecule is CCCCCc1ccc(ON(C(C)=O)c2ccc(NNC(C)=O)cc2)c(CCCCC)c1. The highest BCUT2D eigenvalue weighted by Crippen LogP contribution is 2.27. The third kappa shape index (κ3) is 8.25. The van der Waals surface area contributed by atoms with E-state index in [1.807, 2.05) is 6.07 Å². The van der Waals surface area contributed by atoms with Crippen molar-refractivity contribution >= 4 is 23.2 Å². The molecular weight excluding hydrogens is 402 g/mol. The fourth-order valence-electron chi connectivity index (χ4n) is 3.45. The maximum atomic E-state index is 12.4. The number of unbranched alkanes of at least 4 members (excludes halogenated alkanes) is 4. The minimum absolute atomic E-state index is 0.184. The van der Waals surface area contributed by atoms with Crippen LogP contribution in [0, 0.1) is 0 Å². The van der Waals surface area contributed by atoms with E-state index in [1.54, 1.807) is 24.3 Å². The van der Waals surface area contributed by atoms with Crippen molar-refractivity contribution in [1.82, 2.24) is 5.43 Å². The lowest BCUT2D eigenvalue weighted by molar-refractivity contribution is -0.120. The van der Waals surface area contributed by atoms with E-state index in [1.165, 1.54) is 50.2 Å². The summed E-state index contributed by atoms with van der Waals surface area (Å²) in [5, 5.41) is 1.32. The Morgan fingerprint density at radius 3 is 2.12 bits per heavy atom. The van der Waals surface area contributed by atoms with Gasteiger partial charge in [0, 0.05) is 13.8 Å². The summed E-state index contributed by atoms with van der Waals surface area (Å²) in [6.07, 6.45) is 9.03. The van der Waals surface area contributed by atoms with Crippen LogP contribution in [0.25, 0.3) is 0 Å². The second kappa shape index (κ2) is 13.4. The maximum Gasteiger partial charge on any atom is 0.256 e. The van der Waals surface area contributed by atoms with E-state index in [-0.39, 0.29) is 11.8 Å². The lowest BCUT2D eigenvalue weighted by Crippen LogP contribution is -2.32. The Morgan fingerprint density at radius 2 is 1.53 bits per heavy atom. The lowest BCUT2D eigenvalue weighted by atomic mass is 10.0. The fourth-order valence-corrected chi connectivity index (χ4v) is 3.45. The van der Waals surface area contributed by atoms with Gasteiger partial charge in [-0.25, -0.2) is 0 Å². The largest absolute Gasteiger partial charge is 0.372 e. The summed E-state index contributed by atoms with van der Waals surface area (Å²) in [5.41, 5.74) is 9.13. The highest BCUT2D eigenvalue weighted by atomic mass is 16.7. The number of rotatable bonds is 13. The van der Waals surface area contributed by atoms with Gasteiger partial charge in [0.2, 0.25) is 5.91 Å². The number of nitrogens with zero attached hydrogens (tertiary/aromatic N) is 1. The molecule has 6 nitrogen and oxygen atoms in total. The van der Waals surface area contributed by atoms with Crippen LogP contribution in [0.4, 0.5) is 11.4 Å². The number of anilines is 2. The predicted octanol–water partition coefficient (Wildman–Crippen LogP) is 5.96. The standard InChI is InChI=1S/C26H37N3O3/c1-5-7-9-11-22-13-18-26(23(19-22)12-10-8-6-2)32-29(21(4)31)25-16-14-24(15-17-25)28-27-20(3)30/h13-19,28H,5-12H2,1-4H3,(H,27,30). The summed E-state index contributed by atoms with van der Waals surface area (Å²) in [5.74, 6) is 0.326. The lowest BCUT2D eigenvalue weighted by Gasteiger charge is -2.23. The summed E-state index contributed by atoms with van der Waals surface area (Å²) in [4.78, 5) is 29.6. The van der Waals surface area contributed by atoms with Crippen molar-refractivity contribution in [3.63, 3.8) is 0 Å². The van der Waals surface area contributed by atoms with Crippen molar-refractivity contribution in [3.05, 3.63) is 53.6 Å². The molecular formula is C26H37N3O3. The molecule has 0 aromatic heterocycles. The number of benzene rings is 2. The Bertz CT molecular complexity index is 865. The van der Waals surface area contributed by atoms with Gasteiger partial charge in [0.25, 0.3) is 5.91 Å². The molecule has 2 aromatic rings. The molecule has 0 fully saturated rings. The van der Waals surface area contributed by atoms with Crippen LogP contribution in [0.3, 0.4) is 0 Å². The maximum absolute atomic E-state index is 12.4. The van der Waals surface area contributed by atoms with Gasteiger partial charge in [-0.15, -0.1) is 5.06 Å². The minimum atomic E-state index is -0.209. The van der Waals surface area contributed by atoms with E-state index in [4.69, 9.17) is 4.84 Å². The molecule has 2 N–H and O–H groups in total. The first-order valence-corrected chi connectivity index (χ1v) is 11.7. The van der Waals surface area contributed by atoms with E-state index in [0.717, 1.165) is 37.0 Å². The molecule has 32 heavy (non-hydrogen) atoms. The first-order chi connectivity index (χ1) is 15.4. The molecule has 0 saturated heterocycles. The van der Waals surface area contributed by atoms with Gasteiger partial charge in [-0.3, -0.25) is 20.4 Å². The molecule has 6 heteroatoms. The third-order valence-corrected chi connectivity index (χ3v) is 5.20. The highest BCUT2D eigenvalue weighted by Gasteiger charge is 2.17. The number of aryl methyl sites for hydroxylation is 2. The minimum Gasteiger partial charge on any atom is -0.372 e. The van der Waals surface area contributed by atoms with Crippen LogP contribution in [0.1, 0.15) is 77.3 Å². The Hall–Kier alpha value is -3.02. The smallest absolute Gasteiger partial charge is 0.256 e. The van der Waals surface area contributed by atoms with Crippen molar-refractivity contribution < 1.29 is 14.4 Å². The average molecular weight is 440 g/mol. The molecule has 0 aliphatic heterocycles. The summed E-state index contributed by atoms with van der Waals surface area (Å²) in [6.45, 7) is 7.33. The number of carbonyl (C=O) groups is 2. The molecule has 0 bridgehead atoms. The number of hydrogen-bond donors (Lipinski definition) is 2. The van der Waals surface area contributed by atoms with Crippen molar-refractivity contribution in [1.29, 1.82) is 0 Å². The molecule has 0 saturated carbocycles. The number of amides is 2. The highest BCUT2D eigenvalue weighted by molar-refractivity contribution is 5.90. The third-order valence-electron chi connectivity index (χ3n) is 5.20. The molecule has 0 aliphatic carbocycles. The normalized spacial score (nSPS) is 10.5. The van der Waals surface area contributed by atoms with Crippen LogP contribution in [0.5, 0.6) is 5.75 Å². The molecule has 0 aliphatic rings. The van der Waals surface area contributed by atoms with E-state index in [9.17, 15) is 9.59 Å². The summed E-state index contributed by atoms with van der Waals surface area (Å²) >= 11 is 0. The summed E-state index contributed by atoms with van der Waals surface area (Å²) in [6, 6.07) is 13.5. The number of nitrogens with one attached hydrogen (secondary N) is 2. The monoisotopic (exact) mass is 439 g/mol.